The fraction of sp³-hybridized carbons (Fsp3) is 0.357. The Balaban J connectivity index is 2.42. The molecule has 0 spiro atoms. The van der Waals surface area contributed by atoms with Gasteiger partial charge in [-0.15, -0.1) is 0 Å². The lowest BCUT2D eigenvalue weighted by Gasteiger charge is -2.10. The van der Waals surface area contributed by atoms with E-state index in [-0.39, 0.29) is 16.3 Å². The summed E-state index contributed by atoms with van der Waals surface area (Å²) in [5.41, 5.74) is 7.46. The number of aryl methyl sites for hydroxylation is 2. The number of ether oxygens (including phenoxy) is 1. The van der Waals surface area contributed by atoms with Gasteiger partial charge in [0.15, 0.2) is 9.84 Å². The number of rotatable bonds is 5. The highest BCUT2D eigenvalue weighted by atomic mass is 32.2. The third kappa shape index (κ3) is 3.18. The summed E-state index contributed by atoms with van der Waals surface area (Å²) in [6.45, 7) is 4.37. The molecule has 0 unspecified atom stereocenters. The Hall–Kier alpha value is -2.02. The standard InChI is InChI=1S/C14H19N3O3S/c1-4-17-11(7-10(2)16-17)9-21(18,19)14-8-12(20-3)5-6-13(14)15/h5-8H,4,9,15H2,1-3H3. The molecule has 0 atom stereocenters. The lowest BCUT2D eigenvalue weighted by atomic mass is 10.3. The second-order valence-corrected chi connectivity index (χ2v) is 6.71. The van der Waals surface area contributed by atoms with Crippen molar-refractivity contribution >= 4 is 15.5 Å². The van der Waals surface area contributed by atoms with E-state index in [1.807, 2.05) is 13.8 Å². The van der Waals surface area contributed by atoms with E-state index in [4.69, 9.17) is 10.5 Å². The Morgan fingerprint density at radius 3 is 2.67 bits per heavy atom. The Morgan fingerprint density at radius 1 is 1.33 bits per heavy atom. The SMILES string of the molecule is CCn1nc(C)cc1CS(=O)(=O)c1cc(OC)ccc1N. The maximum Gasteiger partial charge on any atom is 0.186 e. The van der Waals surface area contributed by atoms with Crippen LogP contribution in [0, 0.1) is 6.92 Å². The van der Waals surface area contributed by atoms with Crippen LogP contribution in [0.1, 0.15) is 18.3 Å². The van der Waals surface area contributed by atoms with E-state index in [0.29, 0.717) is 18.0 Å². The first kappa shape index (κ1) is 15.4. The van der Waals surface area contributed by atoms with Crippen LogP contribution in [-0.4, -0.2) is 25.3 Å². The van der Waals surface area contributed by atoms with Gasteiger partial charge in [0.2, 0.25) is 0 Å². The number of sulfone groups is 1. The zero-order valence-electron chi connectivity index (χ0n) is 12.3. The van der Waals surface area contributed by atoms with Crippen LogP contribution in [0.2, 0.25) is 0 Å². The fourth-order valence-electron chi connectivity index (χ4n) is 2.17. The van der Waals surface area contributed by atoms with Gasteiger partial charge in [-0.3, -0.25) is 4.68 Å². The minimum atomic E-state index is -3.56. The molecule has 0 aliphatic rings. The average Bonchev–Trinajstić information content (AvgIpc) is 2.78. The first-order chi connectivity index (χ1) is 9.87. The van der Waals surface area contributed by atoms with E-state index in [1.54, 1.807) is 16.8 Å². The molecule has 2 N–H and O–H groups in total. The molecule has 0 bridgehead atoms. The number of benzene rings is 1. The lowest BCUT2D eigenvalue weighted by molar-refractivity contribution is 0.413. The molecule has 114 valence electrons. The quantitative estimate of drug-likeness (QED) is 0.851. The molecule has 2 aromatic rings. The topological polar surface area (TPSA) is 87.2 Å². The molecule has 7 heteroatoms. The van der Waals surface area contributed by atoms with Crippen molar-refractivity contribution in [1.82, 2.24) is 9.78 Å². The molecule has 6 nitrogen and oxygen atoms in total. The summed E-state index contributed by atoms with van der Waals surface area (Å²) in [4.78, 5) is 0.0864. The first-order valence-electron chi connectivity index (χ1n) is 6.57. The Bertz CT molecular complexity index is 751. The van der Waals surface area contributed by atoms with E-state index in [1.165, 1.54) is 19.2 Å². The van der Waals surface area contributed by atoms with Gasteiger partial charge in [-0.25, -0.2) is 8.42 Å². The van der Waals surface area contributed by atoms with Crippen LogP contribution in [0.3, 0.4) is 0 Å². The second kappa shape index (κ2) is 5.77. The van der Waals surface area contributed by atoms with Gasteiger partial charge in [-0.05, 0) is 32.0 Å². The van der Waals surface area contributed by atoms with Gasteiger partial charge in [0, 0.05) is 12.6 Å². The van der Waals surface area contributed by atoms with Crippen LogP contribution < -0.4 is 10.5 Å². The molecule has 1 heterocycles. The van der Waals surface area contributed by atoms with Crippen LogP contribution in [0.5, 0.6) is 5.75 Å². The molecule has 0 fully saturated rings. The molecule has 2 rings (SSSR count). The fourth-order valence-corrected chi connectivity index (χ4v) is 3.67. The third-order valence-electron chi connectivity index (χ3n) is 3.18. The molecule has 0 amide bonds. The van der Waals surface area contributed by atoms with Crippen molar-refractivity contribution in [3.8, 4) is 5.75 Å². The van der Waals surface area contributed by atoms with Gasteiger partial charge < -0.3 is 10.5 Å². The number of hydrogen-bond acceptors (Lipinski definition) is 5. The van der Waals surface area contributed by atoms with Crippen molar-refractivity contribution in [2.24, 2.45) is 0 Å². The molecular formula is C14H19N3O3S. The van der Waals surface area contributed by atoms with E-state index in [2.05, 4.69) is 5.10 Å². The lowest BCUT2D eigenvalue weighted by Crippen LogP contribution is -2.12. The zero-order valence-corrected chi connectivity index (χ0v) is 13.1. The molecule has 0 saturated carbocycles. The normalized spacial score (nSPS) is 11.6. The second-order valence-electron chi connectivity index (χ2n) is 4.76. The number of nitrogen functional groups attached to an aromatic ring is 1. The minimum Gasteiger partial charge on any atom is -0.497 e. The van der Waals surface area contributed by atoms with Crippen molar-refractivity contribution in [2.45, 2.75) is 31.0 Å². The molecule has 21 heavy (non-hydrogen) atoms. The maximum atomic E-state index is 12.6. The van der Waals surface area contributed by atoms with Crippen molar-refractivity contribution in [2.75, 3.05) is 12.8 Å². The van der Waals surface area contributed by atoms with Crippen LogP contribution in [0.25, 0.3) is 0 Å². The molecular weight excluding hydrogens is 290 g/mol. The van der Waals surface area contributed by atoms with Crippen molar-refractivity contribution in [3.63, 3.8) is 0 Å². The zero-order chi connectivity index (χ0) is 15.6. The van der Waals surface area contributed by atoms with E-state index in [9.17, 15) is 8.42 Å². The first-order valence-corrected chi connectivity index (χ1v) is 8.22. The summed E-state index contributed by atoms with van der Waals surface area (Å²) in [6, 6.07) is 6.39. The predicted octanol–water partition coefficient (Wildman–Crippen LogP) is 1.78. The molecule has 0 aliphatic heterocycles. The average molecular weight is 309 g/mol. The van der Waals surface area contributed by atoms with Crippen LogP contribution >= 0.6 is 0 Å². The van der Waals surface area contributed by atoms with E-state index in [0.717, 1.165) is 5.69 Å². The van der Waals surface area contributed by atoms with Gasteiger partial charge in [-0.1, -0.05) is 0 Å². The van der Waals surface area contributed by atoms with E-state index >= 15 is 0 Å². The Morgan fingerprint density at radius 2 is 2.05 bits per heavy atom. The largest absolute Gasteiger partial charge is 0.497 e. The number of methoxy groups -OCH3 is 1. The maximum absolute atomic E-state index is 12.6. The van der Waals surface area contributed by atoms with Gasteiger partial charge in [0.25, 0.3) is 0 Å². The molecule has 1 aromatic carbocycles. The Kier molecular flexibility index (Phi) is 4.22. The van der Waals surface area contributed by atoms with Gasteiger partial charge in [-0.2, -0.15) is 5.10 Å². The molecule has 0 aliphatic carbocycles. The number of anilines is 1. The number of aromatic nitrogens is 2. The summed E-state index contributed by atoms with van der Waals surface area (Å²) in [6.07, 6.45) is 0. The number of hydrogen-bond donors (Lipinski definition) is 1. The van der Waals surface area contributed by atoms with Crippen molar-refractivity contribution in [3.05, 3.63) is 35.7 Å². The highest BCUT2D eigenvalue weighted by molar-refractivity contribution is 7.90. The molecule has 1 aromatic heterocycles. The Labute approximate surface area is 124 Å². The molecule has 0 radical (unpaired) electrons. The smallest absolute Gasteiger partial charge is 0.186 e. The number of nitrogens with two attached hydrogens (primary N) is 1. The summed E-state index contributed by atoms with van der Waals surface area (Å²) < 4.78 is 31.9. The summed E-state index contributed by atoms with van der Waals surface area (Å²) in [7, 11) is -2.08. The van der Waals surface area contributed by atoms with Crippen LogP contribution in [-0.2, 0) is 22.1 Å². The van der Waals surface area contributed by atoms with Crippen LogP contribution in [0.15, 0.2) is 29.2 Å². The van der Waals surface area contributed by atoms with Gasteiger partial charge in [0.1, 0.15) is 5.75 Å². The number of nitrogens with zero attached hydrogens (tertiary/aromatic N) is 2. The summed E-state index contributed by atoms with van der Waals surface area (Å²) in [5, 5.41) is 4.26. The van der Waals surface area contributed by atoms with Crippen molar-refractivity contribution in [1.29, 1.82) is 0 Å². The third-order valence-corrected chi connectivity index (χ3v) is 4.88. The predicted molar refractivity (Wildman–Crippen MR) is 80.9 cm³/mol. The van der Waals surface area contributed by atoms with E-state index < -0.39 is 9.84 Å². The summed E-state index contributed by atoms with van der Waals surface area (Å²) in [5.74, 6) is 0.321. The van der Waals surface area contributed by atoms with Gasteiger partial charge in [0.05, 0.1) is 34.8 Å². The monoisotopic (exact) mass is 309 g/mol. The highest BCUT2D eigenvalue weighted by Gasteiger charge is 2.21. The van der Waals surface area contributed by atoms with Crippen molar-refractivity contribution < 1.29 is 13.2 Å². The highest BCUT2D eigenvalue weighted by Crippen LogP contribution is 2.27. The van der Waals surface area contributed by atoms with Gasteiger partial charge >= 0.3 is 0 Å². The minimum absolute atomic E-state index is 0.0864. The molecule has 0 saturated heterocycles. The van der Waals surface area contributed by atoms with Crippen LogP contribution in [0.4, 0.5) is 5.69 Å². The summed E-state index contributed by atoms with van der Waals surface area (Å²) >= 11 is 0.